The van der Waals surface area contributed by atoms with Gasteiger partial charge in [-0.15, -0.1) is 0 Å². The highest BCUT2D eigenvalue weighted by atomic mass is 32.2. The van der Waals surface area contributed by atoms with Gasteiger partial charge < -0.3 is 15.2 Å². The second kappa shape index (κ2) is 7.55. The molecule has 0 radical (unpaired) electrons. The summed E-state index contributed by atoms with van der Waals surface area (Å²) in [6.45, 7) is 0.701. The minimum absolute atomic E-state index is 0.0370. The van der Waals surface area contributed by atoms with E-state index in [1.165, 1.54) is 0 Å². The lowest BCUT2D eigenvalue weighted by Gasteiger charge is -2.15. The fourth-order valence-corrected chi connectivity index (χ4v) is 2.23. The number of amides is 1. The maximum Gasteiger partial charge on any atom is 0.326 e. The molecule has 0 spiro atoms. The zero-order valence-electron chi connectivity index (χ0n) is 9.98. The van der Waals surface area contributed by atoms with Crippen molar-refractivity contribution in [2.75, 3.05) is 18.6 Å². The number of ether oxygens (including phenoxy) is 1. The summed E-state index contributed by atoms with van der Waals surface area (Å²) < 4.78 is 5.33. The van der Waals surface area contributed by atoms with Gasteiger partial charge >= 0.3 is 5.97 Å². The van der Waals surface area contributed by atoms with Crippen LogP contribution in [0.2, 0.25) is 0 Å². The molecule has 0 aromatic rings. The molecule has 2 atom stereocenters. The van der Waals surface area contributed by atoms with Crippen LogP contribution in [0.1, 0.15) is 25.7 Å². The van der Waals surface area contributed by atoms with Crippen molar-refractivity contribution < 1.29 is 19.4 Å². The van der Waals surface area contributed by atoms with Gasteiger partial charge in [0, 0.05) is 6.61 Å². The summed E-state index contributed by atoms with van der Waals surface area (Å²) in [7, 11) is 0. The highest BCUT2D eigenvalue weighted by Crippen LogP contribution is 2.15. The zero-order chi connectivity index (χ0) is 12.7. The normalized spacial score (nSPS) is 21.1. The van der Waals surface area contributed by atoms with E-state index in [2.05, 4.69) is 5.32 Å². The van der Waals surface area contributed by atoms with E-state index in [0.717, 1.165) is 18.6 Å². The average Bonchev–Trinajstić information content (AvgIpc) is 2.76. The molecule has 1 saturated heterocycles. The third-order valence-corrected chi connectivity index (χ3v) is 3.32. The molecule has 1 amide bonds. The van der Waals surface area contributed by atoms with Gasteiger partial charge in [-0.05, 0) is 31.3 Å². The Kier molecular flexibility index (Phi) is 6.36. The highest BCUT2D eigenvalue weighted by Gasteiger charge is 2.23. The molecule has 0 saturated carbocycles. The molecular weight excluding hydrogens is 242 g/mol. The number of carbonyl (C=O) groups is 2. The smallest absolute Gasteiger partial charge is 0.326 e. The number of hydrogen-bond donors (Lipinski definition) is 2. The van der Waals surface area contributed by atoms with Crippen LogP contribution in [0.15, 0.2) is 0 Å². The summed E-state index contributed by atoms with van der Waals surface area (Å²) >= 11 is 1.57. The molecule has 5 nitrogen and oxygen atoms in total. The molecule has 6 heteroatoms. The van der Waals surface area contributed by atoms with E-state index < -0.39 is 12.0 Å². The topological polar surface area (TPSA) is 75.6 Å². The van der Waals surface area contributed by atoms with Crippen molar-refractivity contribution in [1.29, 1.82) is 0 Å². The van der Waals surface area contributed by atoms with Gasteiger partial charge in [0.1, 0.15) is 6.04 Å². The Morgan fingerprint density at radius 2 is 2.35 bits per heavy atom. The summed E-state index contributed by atoms with van der Waals surface area (Å²) in [4.78, 5) is 22.5. The molecule has 1 heterocycles. The zero-order valence-corrected chi connectivity index (χ0v) is 10.8. The molecule has 1 rings (SSSR count). The minimum Gasteiger partial charge on any atom is -0.480 e. The number of aliphatic carboxylic acids is 1. The number of thioether (sulfide) groups is 1. The Morgan fingerprint density at radius 3 is 2.88 bits per heavy atom. The van der Waals surface area contributed by atoms with Crippen molar-refractivity contribution in [3.8, 4) is 0 Å². The van der Waals surface area contributed by atoms with Crippen LogP contribution in [-0.2, 0) is 14.3 Å². The van der Waals surface area contributed by atoms with E-state index in [1.807, 2.05) is 6.26 Å². The van der Waals surface area contributed by atoms with E-state index in [0.29, 0.717) is 13.0 Å². The second-order valence-electron chi connectivity index (χ2n) is 4.08. The van der Waals surface area contributed by atoms with Gasteiger partial charge in [0.2, 0.25) is 5.91 Å². The summed E-state index contributed by atoms with van der Waals surface area (Å²) in [5, 5.41) is 11.5. The molecule has 2 N–H and O–H groups in total. The number of carboxylic acids is 1. The second-order valence-corrected chi connectivity index (χ2v) is 5.06. The first-order chi connectivity index (χ1) is 8.13. The Bertz CT molecular complexity index is 266. The van der Waals surface area contributed by atoms with Crippen molar-refractivity contribution in [2.24, 2.45) is 0 Å². The van der Waals surface area contributed by atoms with Gasteiger partial charge in [0.15, 0.2) is 0 Å². The van der Waals surface area contributed by atoms with E-state index in [4.69, 9.17) is 9.84 Å². The molecule has 0 aromatic heterocycles. The first kappa shape index (κ1) is 14.3. The van der Waals surface area contributed by atoms with Gasteiger partial charge in [-0.2, -0.15) is 11.8 Å². The fraction of sp³-hybridized carbons (Fsp3) is 0.818. The Balaban J connectivity index is 2.32. The third kappa shape index (κ3) is 5.41. The molecule has 0 bridgehead atoms. The molecule has 0 aromatic carbocycles. The van der Waals surface area contributed by atoms with Crippen LogP contribution in [0, 0.1) is 0 Å². The molecule has 1 unspecified atom stereocenters. The predicted molar refractivity (Wildman–Crippen MR) is 66.2 cm³/mol. The summed E-state index contributed by atoms with van der Waals surface area (Å²) in [5.74, 6) is -0.484. The summed E-state index contributed by atoms with van der Waals surface area (Å²) in [5.41, 5.74) is 0. The highest BCUT2D eigenvalue weighted by molar-refractivity contribution is 7.98. The van der Waals surface area contributed by atoms with Gasteiger partial charge in [-0.25, -0.2) is 4.79 Å². The van der Waals surface area contributed by atoms with Crippen LogP contribution in [0.25, 0.3) is 0 Å². The largest absolute Gasteiger partial charge is 0.480 e. The SMILES string of the molecule is CSCC[C@H](NC(=O)CC1CCCO1)C(=O)O. The van der Waals surface area contributed by atoms with Crippen LogP contribution in [-0.4, -0.2) is 47.7 Å². The van der Waals surface area contributed by atoms with Crippen molar-refractivity contribution >= 4 is 23.6 Å². The molecular formula is C11H19NO4S. The van der Waals surface area contributed by atoms with Crippen molar-refractivity contribution in [1.82, 2.24) is 5.32 Å². The van der Waals surface area contributed by atoms with Gasteiger partial charge in [-0.3, -0.25) is 4.79 Å². The van der Waals surface area contributed by atoms with Crippen LogP contribution in [0.5, 0.6) is 0 Å². The summed E-state index contributed by atoms with van der Waals surface area (Å²) in [6.07, 6.45) is 4.46. The lowest BCUT2D eigenvalue weighted by atomic mass is 10.1. The maximum atomic E-state index is 11.6. The Hall–Kier alpha value is -0.750. The van der Waals surface area contributed by atoms with Crippen LogP contribution < -0.4 is 5.32 Å². The number of carbonyl (C=O) groups excluding carboxylic acids is 1. The van der Waals surface area contributed by atoms with Crippen molar-refractivity contribution in [2.45, 2.75) is 37.8 Å². The Labute approximate surface area is 105 Å². The first-order valence-corrected chi connectivity index (χ1v) is 7.15. The van der Waals surface area contributed by atoms with Gasteiger partial charge in [0.25, 0.3) is 0 Å². The molecule has 17 heavy (non-hydrogen) atoms. The third-order valence-electron chi connectivity index (χ3n) is 2.68. The van der Waals surface area contributed by atoms with Gasteiger partial charge in [-0.1, -0.05) is 0 Å². The fourth-order valence-electron chi connectivity index (χ4n) is 1.76. The standard InChI is InChI=1S/C11H19NO4S/c1-17-6-4-9(11(14)15)12-10(13)7-8-3-2-5-16-8/h8-9H,2-7H2,1H3,(H,12,13)(H,14,15)/t8?,9-/m0/s1. The van der Waals surface area contributed by atoms with Crippen LogP contribution in [0.4, 0.5) is 0 Å². The minimum atomic E-state index is -0.972. The van der Waals surface area contributed by atoms with Crippen LogP contribution in [0.3, 0.4) is 0 Å². The quantitative estimate of drug-likeness (QED) is 0.711. The molecule has 1 aliphatic heterocycles. The number of rotatable bonds is 7. The molecule has 98 valence electrons. The van der Waals surface area contributed by atoms with E-state index in [1.54, 1.807) is 11.8 Å². The predicted octanol–water partition coefficient (Wildman–Crippen LogP) is 0.878. The van der Waals surface area contributed by atoms with Crippen molar-refractivity contribution in [3.05, 3.63) is 0 Å². The van der Waals surface area contributed by atoms with Crippen molar-refractivity contribution in [3.63, 3.8) is 0 Å². The van der Waals surface area contributed by atoms with E-state index >= 15 is 0 Å². The monoisotopic (exact) mass is 261 g/mol. The number of nitrogens with one attached hydrogen (secondary N) is 1. The maximum absolute atomic E-state index is 11.6. The van der Waals surface area contributed by atoms with Crippen LogP contribution >= 0.6 is 11.8 Å². The molecule has 0 aliphatic carbocycles. The van der Waals surface area contributed by atoms with E-state index in [9.17, 15) is 9.59 Å². The van der Waals surface area contributed by atoms with Gasteiger partial charge in [0.05, 0.1) is 12.5 Å². The number of carboxylic acid groups (broad SMARTS) is 1. The first-order valence-electron chi connectivity index (χ1n) is 5.76. The van der Waals surface area contributed by atoms with E-state index in [-0.39, 0.29) is 18.4 Å². The summed E-state index contributed by atoms with van der Waals surface area (Å²) in [6, 6.07) is -0.781. The lowest BCUT2D eigenvalue weighted by molar-refractivity contribution is -0.142. The molecule has 1 aliphatic rings. The number of hydrogen-bond acceptors (Lipinski definition) is 4. The Morgan fingerprint density at radius 1 is 1.59 bits per heavy atom. The molecule has 1 fully saturated rings. The lowest BCUT2D eigenvalue weighted by Crippen LogP contribution is -2.42. The average molecular weight is 261 g/mol.